The number of amides is 1. The lowest BCUT2D eigenvalue weighted by molar-refractivity contribution is -0.129. The van der Waals surface area contributed by atoms with Crippen molar-refractivity contribution in [2.75, 3.05) is 31.9 Å². The first-order valence-corrected chi connectivity index (χ1v) is 13.1. The zero-order valence-electron chi connectivity index (χ0n) is 17.2. The number of nitrogens with one attached hydrogen (secondary N) is 1. The van der Waals surface area contributed by atoms with Gasteiger partial charge in [0, 0.05) is 26.2 Å². The van der Waals surface area contributed by atoms with Crippen LogP contribution in [-0.2, 0) is 14.8 Å². The van der Waals surface area contributed by atoms with Crippen LogP contribution in [0.4, 0.5) is 0 Å². The van der Waals surface area contributed by atoms with Crippen LogP contribution in [0.25, 0.3) is 10.7 Å². The molecule has 0 bridgehead atoms. The number of rotatable bonds is 6. The van der Waals surface area contributed by atoms with Crippen LogP contribution in [0.5, 0.6) is 0 Å². The summed E-state index contributed by atoms with van der Waals surface area (Å²) in [6.07, 6.45) is 0. The van der Waals surface area contributed by atoms with Gasteiger partial charge < -0.3 is 4.90 Å². The first kappa shape index (κ1) is 22.0. The molecule has 1 fully saturated rings. The number of hydrogen-bond acceptors (Lipinski definition) is 7. The van der Waals surface area contributed by atoms with Gasteiger partial charge in [0.1, 0.15) is 0 Å². The van der Waals surface area contributed by atoms with Gasteiger partial charge in [-0.25, -0.2) is 13.4 Å². The maximum absolute atomic E-state index is 13.0. The summed E-state index contributed by atoms with van der Waals surface area (Å²) in [6.45, 7) is 5.07. The van der Waals surface area contributed by atoms with Crippen molar-refractivity contribution in [2.24, 2.45) is 0 Å². The SMILES string of the molecule is Cc1ccc(S(=O)(=O)N2CCN(C(=O)CSc3n[nH]c(-c4cccs4)n3)CC2)c(C)c1. The summed E-state index contributed by atoms with van der Waals surface area (Å²) < 4.78 is 27.5. The Morgan fingerprint density at radius 2 is 1.97 bits per heavy atom. The van der Waals surface area contributed by atoms with Gasteiger partial charge in [-0.2, -0.15) is 4.31 Å². The number of benzene rings is 1. The molecule has 164 valence electrons. The quantitative estimate of drug-likeness (QED) is 0.548. The summed E-state index contributed by atoms with van der Waals surface area (Å²) in [4.78, 5) is 20.0. The van der Waals surface area contributed by atoms with Crippen molar-refractivity contribution in [3.63, 3.8) is 0 Å². The molecule has 0 radical (unpaired) electrons. The van der Waals surface area contributed by atoms with Crippen LogP contribution < -0.4 is 0 Å². The van der Waals surface area contributed by atoms with E-state index in [0.29, 0.717) is 29.0 Å². The fraction of sp³-hybridized carbons (Fsp3) is 0.350. The summed E-state index contributed by atoms with van der Waals surface area (Å²) in [5.74, 6) is 0.858. The van der Waals surface area contributed by atoms with E-state index in [-0.39, 0.29) is 24.7 Å². The average Bonchev–Trinajstić information content (AvgIpc) is 3.43. The number of aryl methyl sites for hydroxylation is 2. The van der Waals surface area contributed by atoms with Crippen LogP contribution in [-0.4, -0.2) is 70.6 Å². The maximum atomic E-state index is 13.0. The molecular weight excluding hydrogens is 454 g/mol. The van der Waals surface area contributed by atoms with Gasteiger partial charge in [-0.05, 0) is 36.9 Å². The van der Waals surface area contributed by atoms with Gasteiger partial charge in [0.05, 0.1) is 15.5 Å². The van der Waals surface area contributed by atoms with Gasteiger partial charge in [-0.1, -0.05) is 35.5 Å². The first-order valence-electron chi connectivity index (χ1n) is 9.79. The predicted octanol–water partition coefficient (Wildman–Crippen LogP) is 2.78. The Kier molecular flexibility index (Phi) is 6.47. The van der Waals surface area contributed by atoms with E-state index in [1.165, 1.54) is 16.1 Å². The lowest BCUT2D eigenvalue weighted by Gasteiger charge is -2.34. The summed E-state index contributed by atoms with van der Waals surface area (Å²) in [7, 11) is -3.57. The highest BCUT2D eigenvalue weighted by molar-refractivity contribution is 7.99. The van der Waals surface area contributed by atoms with Gasteiger partial charge in [0.25, 0.3) is 0 Å². The van der Waals surface area contributed by atoms with Crippen LogP contribution in [0.2, 0.25) is 0 Å². The van der Waals surface area contributed by atoms with Crippen molar-refractivity contribution in [2.45, 2.75) is 23.9 Å². The molecular formula is C20H23N5O3S3. The Labute approximate surface area is 189 Å². The van der Waals surface area contributed by atoms with Crippen LogP contribution in [0.1, 0.15) is 11.1 Å². The Balaban J connectivity index is 1.31. The summed E-state index contributed by atoms with van der Waals surface area (Å²) >= 11 is 2.84. The fourth-order valence-corrected chi connectivity index (χ4v) is 6.45. The van der Waals surface area contributed by atoms with Gasteiger partial charge >= 0.3 is 0 Å². The molecule has 0 unspecified atom stereocenters. The second-order valence-electron chi connectivity index (χ2n) is 7.29. The highest BCUT2D eigenvalue weighted by Gasteiger charge is 2.31. The maximum Gasteiger partial charge on any atom is 0.243 e. The molecule has 1 aliphatic heterocycles. The Hall–Kier alpha value is -2.21. The molecule has 1 saturated heterocycles. The summed E-state index contributed by atoms with van der Waals surface area (Å²) in [6, 6.07) is 9.24. The number of hydrogen-bond donors (Lipinski definition) is 1. The van der Waals surface area contributed by atoms with E-state index >= 15 is 0 Å². The van der Waals surface area contributed by atoms with Crippen LogP contribution in [0.3, 0.4) is 0 Å². The number of thiophene rings is 1. The molecule has 3 heterocycles. The highest BCUT2D eigenvalue weighted by Crippen LogP contribution is 2.24. The third-order valence-corrected chi connectivity index (χ3v) is 8.85. The molecule has 0 spiro atoms. The Morgan fingerprint density at radius 3 is 2.65 bits per heavy atom. The fourth-order valence-electron chi connectivity index (χ4n) is 3.46. The van der Waals surface area contributed by atoms with Crippen molar-refractivity contribution >= 4 is 39.0 Å². The van der Waals surface area contributed by atoms with E-state index in [1.807, 2.05) is 43.5 Å². The molecule has 1 aliphatic rings. The molecule has 0 aliphatic carbocycles. The number of aromatic nitrogens is 3. The number of aromatic amines is 1. The lowest BCUT2D eigenvalue weighted by atomic mass is 10.2. The van der Waals surface area contributed by atoms with E-state index in [4.69, 9.17) is 0 Å². The first-order chi connectivity index (χ1) is 14.8. The monoisotopic (exact) mass is 477 g/mol. The zero-order chi connectivity index (χ0) is 22.0. The van der Waals surface area contributed by atoms with E-state index in [9.17, 15) is 13.2 Å². The number of piperazine rings is 1. The number of nitrogens with zero attached hydrogens (tertiary/aromatic N) is 4. The van der Waals surface area contributed by atoms with Gasteiger partial charge in [0.2, 0.25) is 21.1 Å². The van der Waals surface area contributed by atoms with Gasteiger partial charge in [-0.15, -0.1) is 16.4 Å². The molecule has 11 heteroatoms. The predicted molar refractivity (Wildman–Crippen MR) is 122 cm³/mol. The van der Waals surface area contributed by atoms with Crippen molar-refractivity contribution in [1.29, 1.82) is 0 Å². The lowest BCUT2D eigenvalue weighted by Crippen LogP contribution is -2.51. The van der Waals surface area contributed by atoms with Crippen molar-refractivity contribution in [1.82, 2.24) is 24.4 Å². The minimum absolute atomic E-state index is 0.0453. The van der Waals surface area contributed by atoms with Crippen molar-refractivity contribution in [3.8, 4) is 10.7 Å². The number of thioether (sulfide) groups is 1. The normalized spacial score (nSPS) is 15.4. The average molecular weight is 478 g/mol. The summed E-state index contributed by atoms with van der Waals surface area (Å²) in [5.41, 5.74) is 1.77. The molecule has 2 aromatic heterocycles. The van der Waals surface area contributed by atoms with E-state index in [0.717, 1.165) is 16.0 Å². The second-order valence-corrected chi connectivity index (χ2v) is 11.1. The number of carbonyl (C=O) groups excluding carboxylic acids is 1. The molecule has 0 saturated carbocycles. The third kappa shape index (κ3) is 4.84. The molecule has 8 nitrogen and oxygen atoms in total. The number of H-pyrrole nitrogens is 1. The topological polar surface area (TPSA) is 99.3 Å². The van der Waals surface area contributed by atoms with Crippen LogP contribution in [0, 0.1) is 13.8 Å². The molecule has 31 heavy (non-hydrogen) atoms. The largest absolute Gasteiger partial charge is 0.339 e. The van der Waals surface area contributed by atoms with Gasteiger partial charge in [0.15, 0.2) is 5.82 Å². The van der Waals surface area contributed by atoms with Crippen LogP contribution >= 0.6 is 23.1 Å². The number of carbonyl (C=O) groups is 1. The highest BCUT2D eigenvalue weighted by atomic mass is 32.2. The van der Waals surface area contributed by atoms with E-state index < -0.39 is 10.0 Å². The molecule has 0 atom stereocenters. The third-order valence-electron chi connectivity index (χ3n) is 5.08. The Morgan fingerprint density at radius 1 is 1.19 bits per heavy atom. The molecule has 3 aromatic rings. The standard InChI is InChI=1S/C20H23N5O3S3/c1-14-5-6-17(15(2)12-14)31(27,28)25-9-7-24(8-10-25)18(26)13-30-20-21-19(22-23-20)16-4-3-11-29-16/h3-6,11-12H,7-10,13H2,1-2H3,(H,21,22,23). The Bertz CT molecular complexity index is 1170. The van der Waals surface area contributed by atoms with E-state index in [1.54, 1.807) is 22.3 Å². The van der Waals surface area contributed by atoms with Crippen molar-refractivity contribution in [3.05, 3.63) is 46.8 Å². The van der Waals surface area contributed by atoms with Gasteiger partial charge in [-0.3, -0.25) is 9.89 Å². The minimum Gasteiger partial charge on any atom is -0.339 e. The molecule has 1 N–H and O–H groups in total. The van der Waals surface area contributed by atoms with Crippen LogP contribution in [0.15, 0.2) is 45.8 Å². The zero-order valence-corrected chi connectivity index (χ0v) is 19.7. The second kappa shape index (κ2) is 9.11. The van der Waals surface area contributed by atoms with E-state index in [2.05, 4.69) is 15.2 Å². The van der Waals surface area contributed by atoms with Crippen molar-refractivity contribution < 1.29 is 13.2 Å². The molecule has 1 amide bonds. The summed E-state index contributed by atoms with van der Waals surface area (Å²) in [5, 5.41) is 9.53. The molecule has 1 aromatic carbocycles. The molecule has 4 rings (SSSR count). The number of sulfonamides is 1. The minimum atomic E-state index is -3.57. The smallest absolute Gasteiger partial charge is 0.243 e.